The molecule has 1 N–H and O–H groups in total. The summed E-state index contributed by atoms with van der Waals surface area (Å²) in [5.41, 5.74) is 5.74. The third-order valence-corrected chi connectivity index (χ3v) is 3.75. The average molecular weight is 276 g/mol. The van der Waals surface area contributed by atoms with Crippen LogP contribution in [-0.4, -0.2) is 12.1 Å². The molecule has 0 saturated heterocycles. The van der Waals surface area contributed by atoms with E-state index in [-0.39, 0.29) is 0 Å². The Morgan fingerprint density at radius 1 is 1.10 bits per heavy atom. The van der Waals surface area contributed by atoms with Crippen LogP contribution >= 0.6 is 0 Å². The van der Waals surface area contributed by atoms with E-state index >= 15 is 0 Å². The molecular weight excluding hydrogens is 260 g/mol. The van der Waals surface area contributed by atoms with Crippen molar-refractivity contribution in [1.29, 1.82) is 5.26 Å². The number of aryl methyl sites for hydroxylation is 2. The van der Waals surface area contributed by atoms with Gasteiger partial charge in [0.15, 0.2) is 0 Å². The summed E-state index contributed by atoms with van der Waals surface area (Å²) in [4.78, 5) is 3.36. The first-order chi connectivity index (χ1) is 10.1. The number of fused-ring (bicyclic) bond motifs is 1. The molecule has 0 fully saturated rings. The molecule has 3 aromatic rings. The van der Waals surface area contributed by atoms with E-state index in [1.54, 1.807) is 7.11 Å². The van der Waals surface area contributed by atoms with Crippen LogP contribution in [0.5, 0.6) is 5.75 Å². The van der Waals surface area contributed by atoms with E-state index in [0.717, 1.165) is 39.0 Å². The van der Waals surface area contributed by atoms with Crippen molar-refractivity contribution in [3.8, 4) is 23.1 Å². The lowest BCUT2D eigenvalue weighted by atomic mass is 10.0. The van der Waals surface area contributed by atoms with Crippen molar-refractivity contribution in [3.63, 3.8) is 0 Å². The molecule has 3 heteroatoms. The Labute approximate surface area is 123 Å². The minimum Gasteiger partial charge on any atom is -0.496 e. The van der Waals surface area contributed by atoms with Gasteiger partial charge in [-0.15, -0.1) is 0 Å². The molecule has 0 saturated carbocycles. The van der Waals surface area contributed by atoms with Gasteiger partial charge in [-0.1, -0.05) is 11.6 Å². The molecule has 0 aliphatic heterocycles. The van der Waals surface area contributed by atoms with Crippen LogP contribution in [0.25, 0.3) is 22.2 Å². The van der Waals surface area contributed by atoms with Gasteiger partial charge < -0.3 is 9.72 Å². The number of rotatable bonds is 2. The summed E-state index contributed by atoms with van der Waals surface area (Å²) >= 11 is 0. The fourth-order valence-corrected chi connectivity index (χ4v) is 2.67. The summed E-state index contributed by atoms with van der Waals surface area (Å²) in [7, 11) is 1.66. The number of nitrogens with one attached hydrogen (secondary N) is 1. The maximum Gasteiger partial charge on any atom is 0.121 e. The number of nitrogens with zero attached hydrogens (tertiary/aromatic N) is 1. The Kier molecular flexibility index (Phi) is 3.15. The van der Waals surface area contributed by atoms with Crippen LogP contribution in [0.4, 0.5) is 0 Å². The molecule has 0 unspecified atom stereocenters. The summed E-state index contributed by atoms with van der Waals surface area (Å²) in [5, 5.41) is 10.5. The summed E-state index contributed by atoms with van der Waals surface area (Å²) < 4.78 is 5.29. The third kappa shape index (κ3) is 2.15. The van der Waals surface area contributed by atoms with Crippen molar-refractivity contribution in [1.82, 2.24) is 4.98 Å². The van der Waals surface area contributed by atoms with Gasteiger partial charge in [0.05, 0.1) is 18.4 Å². The molecule has 0 radical (unpaired) electrons. The number of ether oxygens (including phenoxy) is 1. The lowest BCUT2D eigenvalue weighted by molar-refractivity contribution is 0.412. The Balaban J connectivity index is 2.25. The zero-order chi connectivity index (χ0) is 15.0. The minimum atomic E-state index is 0.693. The predicted molar refractivity (Wildman–Crippen MR) is 84.5 cm³/mol. The average Bonchev–Trinajstić information content (AvgIpc) is 2.84. The number of benzene rings is 2. The van der Waals surface area contributed by atoms with Crippen molar-refractivity contribution in [2.24, 2.45) is 0 Å². The predicted octanol–water partition coefficient (Wildman–Crippen LogP) is 4.33. The molecular formula is C18H16N2O. The number of aromatic nitrogens is 1. The first-order valence-electron chi connectivity index (χ1n) is 6.81. The van der Waals surface area contributed by atoms with Gasteiger partial charge >= 0.3 is 0 Å². The molecule has 1 aromatic heterocycles. The SMILES string of the molecule is COc1ccc(-c2[nH]c3ccc(C)cc3c2C#N)cc1C. The number of H-pyrrole nitrogens is 1. The van der Waals surface area contributed by atoms with E-state index in [4.69, 9.17) is 4.74 Å². The second-order valence-corrected chi connectivity index (χ2v) is 5.22. The number of methoxy groups -OCH3 is 1. The van der Waals surface area contributed by atoms with Crippen LogP contribution in [-0.2, 0) is 0 Å². The van der Waals surface area contributed by atoms with Gasteiger partial charge in [0.2, 0.25) is 0 Å². The zero-order valence-corrected chi connectivity index (χ0v) is 12.3. The van der Waals surface area contributed by atoms with Crippen LogP contribution in [0.15, 0.2) is 36.4 Å². The molecule has 0 bridgehead atoms. The molecule has 0 amide bonds. The van der Waals surface area contributed by atoms with Crippen molar-refractivity contribution in [2.45, 2.75) is 13.8 Å². The molecule has 3 nitrogen and oxygen atoms in total. The van der Waals surface area contributed by atoms with Crippen LogP contribution in [0.1, 0.15) is 16.7 Å². The molecule has 2 aromatic carbocycles. The summed E-state index contributed by atoms with van der Waals surface area (Å²) in [6.07, 6.45) is 0. The summed E-state index contributed by atoms with van der Waals surface area (Å²) in [5.74, 6) is 0.851. The molecule has 1 heterocycles. The molecule has 0 atom stereocenters. The number of hydrogen-bond acceptors (Lipinski definition) is 2. The second kappa shape index (κ2) is 4.99. The van der Waals surface area contributed by atoms with Gasteiger partial charge in [0.1, 0.15) is 11.8 Å². The molecule has 0 spiro atoms. The van der Waals surface area contributed by atoms with E-state index in [9.17, 15) is 5.26 Å². The van der Waals surface area contributed by atoms with Crippen LogP contribution in [0.3, 0.4) is 0 Å². The smallest absolute Gasteiger partial charge is 0.121 e. The van der Waals surface area contributed by atoms with Crippen molar-refractivity contribution >= 4 is 10.9 Å². The standard InChI is InChI=1S/C18H16N2O/c1-11-4-6-16-14(8-11)15(10-19)18(20-16)13-5-7-17(21-3)12(2)9-13/h4-9,20H,1-3H3. The first-order valence-corrected chi connectivity index (χ1v) is 6.81. The number of nitriles is 1. The fourth-order valence-electron chi connectivity index (χ4n) is 2.67. The van der Waals surface area contributed by atoms with Gasteiger partial charge in [0, 0.05) is 10.9 Å². The lowest BCUT2D eigenvalue weighted by Gasteiger charge is -2.06. The summed E-state index contributed by atoms with van der Waals surface area (Å²) in [6.45, 7) is 4.03. The number of aromatic amines is 1. The van der Waals surface area contributed by atoms with E-state index < -0.39 is 0 Å². The Hall–Kier alpha value is -2.73. The molecule has 21 heavy (non-hydrogen) atoms. The molecule has 104 valence electrons. The van der Waals surface area contributed by atoms with Crippen LogP contribution in [0.2, 0.25) is 0 Å². The van der Waals surface area contributed by atoms with Gasteiger partial charge in [0.25, 0.3) is 0 Å². The van der Waals surface area contributed by atoms with E-state index in [0.29, 0.717) is 5.56 Å². The van der Waals surface area contributed by atoms with Crippen LogP contribution < -0.4 is 4.74 Å². The van der Waals surface area contributed by atoms with E-state index in [1.807, 2.05) is 50.2 Å². The monoisotopic (exact) mass is 276 g/mol. The van der Waals surface area contributed by atoms with Gasteiger partial charge in [-0.2, -0.15) is 5.26 Å². The van der Waals surface area contributed by atoms with E-state index in [1.165, 1.54) is 0 Å². The highest BCUT2D eigenvalue weighted by atomic mass is 16.5. The highest BCUT2D eigenvalue weighted by molar-refractivity contribution is 5.94. The first kappa shape index (κ1) is 13.3. The fraction of sp³-hybridized carbons (Fsp3) is 0.167. The minimum absolute atomic E-state index is 0.693. The lowest BCUT2D eigenvalue weighted by Crippen LogP contribution is -1.88. The van der Waals surface area contributed by atoms with Crippen LogP contribution in [0, 0.1) is 25.2 Å². The topological polar surface area (TPSA) is 48.8 Å². The van der Waals surface area contributed by atoms with Crippen molar-refractivity contribution < 1.29 is 4.74 Å². The quantitative estimate of drug-likeness (QED) is 0.757. The Morgan fingerprint density at radius 3 is 2.57 bits per heavy atom. The number of hydrogen-bond donors (Lipinski definition) is 1. The summed E-state index contributed by atoms with van der Waals surface area (Å²) in [6, 6.07) is 14.4. The molecule has 0 aliphatic carbocycles. The second-order valence-electron chi connectivity index (χ2n) is 5.22. The maximum absolute atomic E-state index is 9.53. The maximum atomic E-state index is 9.53. The van der Waals surface area contributed by atoms with Gasteiger partial charge in [-0.25, -0.2) is 0 Å². The normalized spacial score (nSPS) is 10.6. The largest absolute Gasteiger partial charge is 0.496 e. The zero-order valence-electron chi connectivity index (χ0n) is 12.3. The van der Waals surface area contributed by atoms with Crippen molar-refractivity contribution in [3.05, 3.63) is 53.1 Å². The highest BCUT2D eigenvalue weighted by Crippen LogP contribution is 2.32. The molecule has 0 aliphatic rings. The van der Waals surface area contributed by atoms with Gasteiger partial charge in [-0.05, 0) is 55.3 Å². The van der Waals surface area contributed by atoms with Gasteiger partial charge in [-0.3, -0.25) is 0 Å². The molecule has 3 rings (SSSR count). The Bertz CT molecular complexity index is 869. The third-order valence-electron chi connectivity index (χ3n) is 3.75. The highest BCUT2D eigenvalue weighted by Gasteiger charge is 2.13. The Morgan fingerprint density at radius 2 is 1.90 bits per heavy atom. The van der Waals surface area contributed by atoms with E-state index in [2.05, 4.69) is 11.1 Å². The van der Waals surface area contributed by atoms with Crippen molar-refractivity contribution in [2.75, 3.05) is 7.11 Å².